The summed E-state index contributed by atoms with van der Waals surface area (Å²) in [5.74, 6) is 1.02. The largest absolute Gasteiger partial charge is 0.491 e. The summed E-state index contributed by atoms with van der Waals surface area (Å²) in [5.41, 5.74) is 2.82. The molecule has 0 amide bonds. The van der Waals surface area contributed by atoms with E-state index in [1.807, 2.05) is 0 Å². The van der Waals surface area contributed by atoms with Crippen LogP contribution < -0.4 is 4.74 Å². The van der Waals surface area contributed by atoms with Gasteiger partial charge in [-0.3, -0.25) is 0 Å². The molecule has 0 bridgehead atoms. The molecule has 0 aliphatic heterocycles. The Morgan fingerprint density at radius 3 is 1.59 bits per heavy atom. The van der Waals surface area contributed by atoms with Crippen molar-refractivity contribution in [2.24, 2.45) is 0 Å². The van der Waals surface area contributed by atoms with Gasteiger partial charge in [-0.25, -0.2) is 0 Å². The second-order valence-electron chi connectivity index (χ2n) is 10.1. The highest BCUT2D eigenvalue weighted by Crippen LogP contribution is 2.24. The van der Waals surface area contributed by atoms with Gasteiger partial charge in [-0.05, 0) is 42.9 Å². The maximum absolute atomic E-state index is 8.67. The number of rotatable bonds is 28. The van der Waals surface area contributed by atoms with E-state index in [2.05, 4.69) is 32.0 Å². The molecule has 0 aromatic heterocycles. The van der Waals surface area contributed by atoms with Crippen molar-refractivity contribution < 1.29 is 24.1 Å². The third-order valence-corrected chi connectivity index (χ3v) is 6.71. The van der Waals surface area contributed by atoms with Crippen molar-refractivity contribution >= 4 is 0 Å². The molecule has 5 heteroatoms. The van der Waals surface area contributed by atoms with Gasteiger partial charge in [0.15, 0.2) is 0 Å². The number of ether oxygens (including phenoxy) is 4. The Bertz CT molecular complexity index is 607. The highest BCUT2D eigenvalue weighted by atomic mass is 16.6. The first-order valence-electron chi connectivity index (χ1n) is 15.4. The third kappa shape index (κ3) is 20.5. The van der Waals surface area contributed by atoms with Gasteiger partial charge in [0, 0.05) is 0 Å². The number of aryl methyl sites for hydroxylation is 2. The number of aliphatic hydroxyl groups excluding tert-OH is 1. The Hall–Kier alpha value is -1.14. The Labute approximate surface area is 228 Å². The second kappa shape index (κ2) is 26.5. The number of aliphatic hydroxyl groups is 1. The van der Waals surface area contributed by atoms with Crippen LogP contribution >= 0.6 is 0 Å². The van der Waals surface area contributed by atoms with Crippen molar-refractivity contribution in [1.29, 1.82) is 0 Å². The molecule has 216 valence electrons. The van der Waals surface area contributed by atoms with Crippen LogP contribution in [0.1, 0.15) is 115 Å². The van der Waals surface area contributed by atoms with E-state index in [9.17, 15) is 0 Å². The summed E-state index contributed by atoms with van der Waals surface area (Å²) in [6.45, 7) is 8.18. The Morgan fingerprint density at radius 1 is 0.541 bits per heavy atom. The zero-order valence-electron chi connectivity index (χ0n) is 24.3. The molecule has 0 atom stereocenters. The standard InChI is InChI=1S/C32H58O5/c1-3-5-7-9-11-13-15-17-30-19-20-32(31(29-30)18-16-14-12-10-8-6-4-2)37-28-27-36-26-25-35-24-23-34-22-21-33/h19-20,29,33H,3-18,21-28H2,1-2H3. The molecule has 0 fully saturated rings. The minimum Gasteiger partial charge on any atom is -0.491 e. The molecule has 0 saturated heterocycles. The highest BCUT2D eigenvalue weighted by Gasteiger charge is 2.07. The molecule has 0 aliphatic carbocycles. The van der Waals surface area contributed by atoms with Crippen LogP contribution in [0.5, 0.6) is 5.75 Å². The van der Waals surface area contributed by atoms with E-state index in [1.54, 1.807) is 0 Å². The van der Waals surface area contributed by atoms with Gasteiger partial charge in [0.05, 0.1) is 46.2 Å². The van der Waals surface area contributed by atoms with Crippen molar-refractivity contribution in [2.45, 2.75) is 117 Å². The summed E-state index contributed by atoms with van der Waals surface area (Å²) in [6, 6.07) is 6.84. The summed E-state index contributed by atoms with van der Waals surface area (Å²) in [4.78, 5) is 0. The summed E-state index contributed by atoms with van der Waals surface area (Å²) >= 11 is 0. The molecule has 0 saturated carbocycles. The molecular weight excluding hydrogens is 464 g/mol. The molecule has 1 rings (SSSR count). The molecule has 5 nitrogen and oxygen atoms in total. The first-order chi connectivity index (χ1) is 18.3. The average Bonchev–Trinajstić information content (AvgIpc) is 2.91. The number of hydrogen-bond acceptors (Lipinski definition) is 5. The molecule has 0 radical (unpaired) electrons. The van der Waals surface area contributed by atoms with Gasteiger partial charge in [-0.1, -0.05) is 103 Å². The predicted molar refractivity (Wildman–Crippen MR) is 155 cm³/mol. The van der Waals surface area contributed by atoms with Crippen LogP contribution in [-0.4, -0.2) is 58.0 Å². The monoisotopic (exact) mass is 522 g/mol. The van der Waals surface area contributed by atoms with Crippen LogP contribution in [-0.2, 0) is 27.1 Å². The van der Waals surface area contributed by atoms with Gasteiger partial charge in [0.25, 0.3) is 0 Å². The van der Waals surface area contributed by atoms with Gasteiger partial charge in [-0.2, -0.15) is 0 Å². The van der Waals surface area contributed by atoms with Crippen LogP contribution in [0, 0.1) is 0 Å². The van der Waals surface area contributed by atoms with E-state index < -0.39 is 0 Å². The van der Waals surface area contributed by atoms with Gasteiger partial charge >= 0.3 is 0 Å². The van der Waals surface area contributed by atoms with E-state index >= 15 is 0 Å². The molecule has 0 heterocycles. The highest BCUT2D eigenvalue weighted by molar-refractivity contribution is 5.37. The molecular formula is C32H58O5. The minimum absolute atomic E-state index is 0.0474. The first kappa shape index (κ1) is 33.9. The molecule has 0 unspecified atom stereocenters. The molecule has 0 spiro atoms. The Morgan fingerprint density at radius 2 is 1.03 bits per heavy atom. The van der Waals surface area contributed by atoms with Crippen molar-refractivity contribution in [1.82, 2.24) is 0 Å². The maximum Gasteiger partial charge on any atom is 0.122 e. The molecule has 37 heavy (non-hydrogen) atoms. The number of unbranched alkanes of at least 4 members (excludes halogenated alkanes) is 12. The van der Waals surface area contributed by atoms with E-state index in [0.717, 1.165) is 12.2 Å². The fourth-order valence-corrected chi connectivity index (χ4v) is 4.50. The summed E-state index contributed by atoms with van der Waals surface area (Å²) in [5, 5.41) is 8.67. The third-order valence-electron chi connectivity index (χ3n) is 6.71. The van der Waals surface area contributed by atoms with Gasteiger partial charge in [-0.15, -0.1) is 0 Å². The SMILES string of the molecule is CCCCCCCCCc1ccc(OCCOCCOCCOCCO)c(CCCCCCCCC)c1. The van der Waals surface area contributed by atoms with E-state index in [4.69, 9.17) is 24.1 Å². The summed E-state index contributed by atoms with van der Waals surface area (Å²) in [7, 11) is 0. The van der Waals surface area contributed by atoms with Crippen LogP contribution in [0.2, 0.25) is 0 Å². The van der Waals surface area contributed by atoms with Gasteiger partial charge in [0.2, 0.25) is 0 Å². The average molecular weight is 523 g/mol. The Balaban J connectivity index is 2.36. The normalized spacial score (nSPS) is 11.3. The zero-order chi connectivity index (χ0) is 26.7. The maximum atomic E-state index is 8.67. The molecule has 1 N–H and O–H groups in total. The van der Waals surface area contributed by atoms with Crippen molar-refractivity contribution in [3.05, 3.63) is 29.3 Å². The first-order valence-corrected chi connectivity index (χ1v) is 15.4. The predicted octanol–water partition coefficient (Wildman–Crippen LogP) is 7.69. The van der Waals surface area contributed by atoms with Crippen molar-refractivity contribution in [3.8, 4) is 5.75 Å². The minimum atomic E-state index is 0.0474. The number of benzene rings is 1. The van der Waals surface area contributed by atoms with Crippen LogP contribution in [0.25, 0.3) is 0 Å². The summed E-state index contributed by atoms with van der Waals surface area (Å²) in [6.07, 6.45) is 21.0. The lowest BCUT2D eigenvalue weighted by atomic mass is 9.99. The van der Waals surface area contributed by atoms with Crippen LogP contribution in [0.15, 0.2) is 18.2 Å². The molecule has 0 aliphatic rings. The number of hydrogen-bond donors (Lipinski definition) is 1. The quantitative estimate of drug-likeness (QED) is 0.114. The van der Waals surface area contributed by atoms with E-state index in [0.29, 0.717) is 46.2 Å². The lowest BCUT2D eigenvalue weighted by Crippen LogP contribution is -2.13. The van der Waals surface area contributed by atoms with Crippen molar-refractivity contribution in [3.63, 3.8) is 0 Å². The van der Waals surface area contributed by atoms with Crippen LogP contribution in [0.3, 0.4) is 0 Å². The van der Waals surface area contributed by atoms with E-state index in [-0.39, 0.29) is 6.61 Å². The fourth-order valence-electron chi connectivity index (χ4n) is 4.50. The zero-order valence-corrected chi connectivity index (χ0v) is 24.3. The van der Waals surface area contributed by atoms with Crippen molar-refractivity contribution in [2.75, 3.05) is 52.9 Å². The lowest BCUT2D eigenvalue weighted by molar-refractivity contribution is 0.00357. The summed E-state index contributed by atoms with van der Waals surface area (Å²) < 4.78 is 22.4. The second-order valence-corrected chi connectivity index (χ2v) is 10.1. The van der Waals surface area contributed by atoms with Crippen LogP contribution in [0.4, 0.5) is 0 Å². The lowest BCUT2D eigenvalue weighted by Gasteiger charge is -2.14. The van der Waals surface area contributed by atoms with E-state index in [1.165, 1.54) is 107 Å². The molecule has 1 aromatic carbocycles. The van der Waals surface area contributed by atoms with Gasteiger partial charge in [0.1, 0.15) is 12.4 Å². The topological polar surface area (TPSA) is 57.2 Å². The fraction of sp³-hybridized carbons (Fsp3) is 0.812. The van der Waals surface area contributed by atoms with Gasteiger partial charge < -0.3 is 24.1 Å². The smallest absolute Gasteiger partial charge is 0.122 e. The Kier molecular flexibility index (Phi) is 24.2. The molecule has 1 aromatic rings.